The normalized spacial score (nSPS) is 22.8. The molecule has 1 aliphatic heterocycles. The van der Waals surface area contributed by atoms with Crippen molar-refractivity contribution in [2.45, 2.75) is 25.9 Å². The second kappa shape index (κ2) is 2.62. The van der Waals surface area contributed by atoms with Crippen molar-refractivity contribution < 1.29 is 0 Å². The summed E-state index contributed by atoms with van der Waals surface area (Å²) in [6.45, 7) is 3.16. The smallest absolute Gasteiger partial charge is 0.0889 e. The molecular weight excluding hydrogens is 136 g/mol. The van der Waals surface area contributed by atoms with Gasteiger partial charge >= 0.3 is 0 Å². The molecule has 0 saturated carbocycles. The van der Waals surface area contributed by atoms with E-state index in [1.165, 1.54) is 11.1 Å². The summed E-state index contributed by atoms with van der Waals surface area (Å²) in [4.78, 5) is 3.98. The summed E-state index contributed by atoms with van der Waals surface area (Å²) >= 11 is 0. The molecule has 0 saturated heterocycles. The Bertz CT molecular complexity index is 257. The Morgan fingerprint density at radius 3 is 3.45 bits per heavy atom. The first kappa shape index (κ1) is 6.80. The second-order valence-corrected chi connectivity index (χ2v) is 3.07. The fourth-order valence-corrected chi connectivity index (χ4v) is 1.44. The molecule has 0 fully saturated rings. The predicted molar refractivity (Wildman–Crippen MR) is 43.1 cm³/mol. The Hall–Kier alpha value is -0.890. The maximum atomic E-state index is 3.98. The van der Waals surface area contributed by atoms with Gasteiger partial charge in [-0.25, -0.2) is 0 Å². The number of rotatable bonds is 0. The van der Waals surface area contributed by atoms with E-state index >= 15 is 0 Å². The third kappa shape index (κ3) is 1.26. The minimum absolute atomic E-state index is 0.590. The monoisotopic (exact) mass is 147 g/mol. The first-order valence-electron chi connectivity index (χ1n) is 3.93. The van der Waals surface area contributed by atoms with E-state index in [2.05, 4.69) is 23.4 Å². The molecule has 1 unspecified atom stereocenters. The summed E-state index contributed by atoms with van der Waals surface area (Å²) in [6, 6.07) is 2.56. The van der Waals surface area contributed by atoms with E-state index < -0.39 is 0 Å². The maximum Gasteiger partial charge on any atom is 0.0889 e. The average molecular weight is 147 g/mol. The van der Waals surface area contributed by atoms with Crippen molar-refractivity contribution >= 4 is 0 Å². The fraction of sp³-hybridized carbons (Fsp3) is 0.444. The lowest BCUT2D eigenvalue weighted by Gasteiger charge is -2.21. The van der Waals surface area contributed by atoms with Crippen LogP contribution in [0.4, 0.5) is 0 Å². The largest absolute Gasteiger partial charge is 0.310 e. The van der Waals surface area contributed by atoms with Crippen LogP contribution in [-0.4, -0.2) is 11.0 Å². The third-order valence-corrected chi connectivity index (χ3v) is 2.11. The van der Waals surface area contributed by atoms with E-state index in [0.29, 0.717) is 6.04 Å². The molecule has 2 nitrogen and oxygen atoms in total. The molecule has 1 aromatic rings. The average Bonchev–Trinajstić information content (AvgIpc) is 2.04. The van der Waals surface area contributed by atoms with Crippen molar-refractivity contribution in [3.05, 3.63) is 29.6 Å². The van der Waals surface area contributed by atoms with Crippen molar-refractivity contribution in [2.24, 2.45) is 0 Å². The molecule has 57 valence electrons. The lowest BCUT2D eigenvalue weighted by atomic mass is 9.99. The molecule has 2 heterocycles. The Morgan fingerprint density at radius 1 is 1.64 bits per heavy atom. The Labute approximate surface area is 66.7 Å². The molecule has 0 bridgehead atoms. The third-order valence-electron chi connectivity index (χ3n) is 2.11. The first-order valence-corrected chi connectivity index (χ1v) is 3.93. The summed E-state index contributed by atoms with van der Waals surface area (Å²) in [5.41, 5.74) is 2.72. The quantitative estimate of drug-likeness (QED) is 0.590. The molecule has 0 aliphatic carbocycles. The highest BCUT2D eigenvalue weighted by atomic mass is 14.9. The Morgan fingerprint density at radius 2 is 2.55 bits per heavy atom. The summed E-state index contributed by atoms with van der Waals surface area (Å²) in [7, 11) is 0. The van der Waals surface area contributed by atoms with Crippen molar-refractivity contribution in [3.63, 3.8) is 0 Å². The lowest BCUT2D eigenvalue weighted by Crippen LogP contribution is -2.32. The number of aromatic nitrogens is 1. The van der Waals surface area contributed by atoms with Crippen molar-refractivity contribution in [1.82, 2.24) is 10.3 Å². The summed E-state index contributed by atoms with van der Waals surface area (Å²) < 4.78 is 0. The summed E-state index contributed by atoms with van der Waals surface area (Å²) in [5.74, 6) is 0. The van der Waals surface area contributed by atoms with Crippen LogP contribution in [0, 0.1) is 6.20 Å². The number of nitrogens with one attached hydrogen (secondary N) is 1. The molecule has 1 N–H and O–H groups in total. The highest BCUT2D eigenvalue weighted by molar-refractivity contribution is 5.25. The topological polar surface area (TPSA) is 24.9 Å². The van der Waals surface area contributed by atoms with Gasteiger partial charge in [0.15, 0.2) is 0 Å². The van der Waals surface area contributed by atoms with Crippen molar-refractivity contribution in [1.29, 1.82) is 0 Å². The van der Waals surface area contributed by atoms with Gasteiger partial charge in [-0.2, -0.15) is 0 Å². The van der Waals surface area contributed by atoms with E-state index in [4.69, 9.17) is 0 Å². The zero-order valence-corrected chi connectivity index (χ0v) is 6.59. The first-order chi connectivity index (χ1) is 5.36. The molecule has 0 aromatic carbocycles. The minimum atomic E-state index is 0.590. The highest BCUT2D eigenvalue weighted by Gasteiger charge is 2.12. The molecule has 1 radical (unpaired) electrons. The standard InChI is InChI=1S/C9H11N2/c1-7-4-9-5-10-3-2-8(9)6-11-7/h2,5,7,11H,4,6H2,1H3. The van der Waals surface area contributed by atoms with Crippen LogP contribution in [0.1, 0.15) is 18.1 Å². The van der Waals surface area contributed by atoms with Crippen LogP contribution in [0.3, 0.4) is 0 Å². The molecule has 0 amide bonds. The fourth-order valence-electron chi connectivity index (χ4n) is 1.44. The molecule has 11 heavy (non-hydrogen) atoms. The van der Waals surface area contributed by atoms with Gasteiger partial charge in [0.05, 0.1) is 6.20 Å². The highest BCUT2D eigenvalue weighted by Crippen LogP contribution is 2.13. The number of pyridine rings is 1. The van der Waals surface area contributed by atoms with E-state index in [-0.39, 0.29) is 0 Å². The van der Waals surface area contributed by atoms with Crippen molar-refractivity contribution in [2.75, 3.05) is 0 Å². The number of hydrogen-bond donors (Lipinski definition) is 1. The van der Waals surface area contributed by atoms with Gasteiger partial charge in [-0.05, 0) is 30.5 Å². The van der Waals surface area contributed by atoms with Crippen LogP contribution >= 0.6 is 0 Å². The minimum Gasteiger partial charge on any atom is -0.310 e. The van der Waals surface area contributed by atoms with Gasteiger partial charge in [-0.3, -0.25) is 4.98 Å². The van der Waals surface area contributed by atoms with Crippen LogP contribution in [0.15, 0.2) is 12.3 Å². The zero-order valence-electron chi connectivity index (χ0n) is 6.59. The van der Waals surface area contributed by atoms with Crippen LogP contribution in [-0.2, 0) is 13.0 Å². The molecule has 1 atom stereocenters. The summed E-state index contributed by atoms with van der Waals surface area (Å²) in [6.07, 6.45) is 5.86. The Kier molecular flexibility index (Phi) is 1.62. The van der Waals surface area contributed by atoms with Gasteiger partial charge in [0.1, 0.15) is 0 Å². The van der Waals surface area contributed by atoms with Gasteiger partial charge in [0, 0.05) is 18.8 Å². The van der Waals surface area contributed by atoms with Crippen LogP contribution in [0.25, 0.3) is 0 Å². The molecule has 0 spiro atoms. The summed E-state index contributed by atoms with van der Waals surface area (Å²) in [5, 5.41) is 3.39. The molecular formula is C9H11N2. The molecule has 1 aliphatic rings. The SMILES string of the molecule is CC1Cc2cn[c]cc2CN1. The van der Waals surface area contributed by atoms with E-state index in [9.17, 15) is 0 Å². The van der Waals surface area contributed by atoms with Gasteiger partial charge in [0.25, 0.3) is 0 Å². The maximum absolute atomic E-state index is 3.98. The van der Waals surface area contributed by atoms with E-state index in [1.54, 1.807) is 0 Å². The van der Waals surface area contributed by atoms with Crippen LogP contribution in [0.2, 0.25) is 0 Å². The van der Waals surface area contributed by atoms with Gasteiger partial charge in [-0.1, -0.05) is 0 Å². The number of fused-ring (bicyclic) bond motifs is 1. The van der Waals surface area contributed by atoms with Gasteiger partial charge in [0.2, 0.25) is 0 Å². The predicted octanol–water partition coefficient (Wildman–Crippen LogP) is 0.916. The van der Waals surface area contributed by atoms with E-state index in [0.717, 1.165) is 13.0 Å². The van der Waals surface area contributed by atoms with E-state index in [1.807, 2.05) is 12.3 Å². The Balaban J connectivity index is 2.34. The number of hydrogen-bond acceptors (Lipinski definition) is 2. The lowest BCUT2D eigenvalue weighted by molar-refractivity contribution is 0.512. The van der Waals surface area contributed by atoms with Gasteiger partial charge < -0.3 is 5.32 Å². The molecule has 1 aromatic heterocycles. The van der Waals surface area contributed by atoms with Crippen LogP contribution in [0.5, 0.6) is 0 Å². The van der Waals surface area contributed by atoms with Crippen LogP contribution < -0.4 is 5.32 Å². The molecule has 2 rings (SSSR count). The zero-order chi connectivity index (χ0) is 7.68. The second-order valence-electron chi connectivity index (χ2n) is 3.07. The van der Waals surface area contributed by atoms with Crippen molar-refractivity contribution in [3.8, 4) is 0 Å². The van der Waals surface area contributed by atoms with Gasteiger partial charge in [-0.15, -0.1) is 0 Å². The molecule has 2 heteroatoms. The number of nitrogens with zero attached hydrogens (tertiary/aromatic N) is 1.